The van der Waals surface area contributed by atoms with Crippen molar-refractivity contribution < 1.29 is 41.0 Å². The van der Waals surface area contributed by atoms with Crippen molar-refractivity contribution in [2.24, 2.45) is 11.3 Å². The number of hydrogen-bond acceptors (Lipinski definition) is 6. The Bertz CT molecular complexity index is 897. The fourth-order valence-corrected chi connectivity index (χ4v) is 4.54. The Hall–Kier alpha value is -2.45. The molecule has 1 amide bonds. The summed E-state index contributed by atoms with van der Waals surface area (Å²) < 4.78 is 64.8. The number of nitrogens with zero attached hydrogens (tertiary/aromatic N) is 3. The van der Waals surface area contributed by atoms with Gasteiger partial charge in [0.25, 0.3) is 10.2 Å². The van der Waals surface area contributed by atoms with Gasteiger partial charge in [-0.2, -0.15) is 30.2 Å². The van der Waals surface area contributed by atoms with Gasteiger partial charge in [0, 0.05) is 45.8 Å². The first-order valence-corrected chi connectivity index (χ1v) is 10.5. The Balaban J connectivity index is 0.000000423. The van der Waals surface area contributed by atoms with E-state index in [1.165, 1.54) is 22.7 Å². The smallest absolute Gasteiger partial charge is 0.490 e. The molecule has 1 aromatic rings. The minimum atomic E-state index is -5.08. The average Bonchev–Trinajstić information content (AvgIpc) is 3.27. The zero-order valence-corrected chi connectivity index (χ0v) is 17.6. The molecule has 31 heavy (non-hydrogen) atoms. The topological polar surface area (TPSA) is 129 Å². The number of ether oxygens (including phenoxy) is 1. The third kappa shape index (κ3) is 5.62. The molecule has 174 valence electrons. The van der Waals surface area contributed by atoms with Gasteiger partial charge in [-0.1, -0.05) is 0 Å². The van der Waals surface area contributed by atoms with Crippen LogP contribution in [0.1, 0.15) is 6.42 Å². The molecular formula is C17H23F3N4O6S. The third-order valence-electron chi connectivity index (χ3n) is 5.12. The van der Waals surface area contributed by atoms with E-state index in [9.17, 15) is 26.4 Å². The van der Waals surface area contributed by atoms with E-state index >= 15 is 0 Å². The van der Waals surface area contributed by atoms with E-state index < -0.39 is 27.8 Å². The number of carbonyl (C=O) groups excluding carboxylic acids is 1. The van der Waals surface area contributed by atoms with Crippen LogP contribution in [0.4, 0.5) is 13.2 Å². The minimum absolute atomic E-state index is 0.0763. The predicted octanol–water partition coefficient (Wildman–Crippen LogP) is 0.338. The highest BCUT2D eigenvalue weighted by Gasteiger charge is 2.56. The lowest BCUT2D eigenvalue weighted by Gasteiger charge is -2.28. The molecule has 14 heteroatoms. The Morgan fingerprint density at radius 3 is 2.61 bits per heavy atom. The van der Waals surface area contributed by atoms with Crippen LogP contribution in [-0.2, 0) is 19.8 Å². The highest BCUT2D eigenvalue weighted by atomic mass is 32.2. The number of carboxylic acids is 1. The van der Waals surface area contributed by atoms with Gasteiger partial charge in [0.1, 0.15) is 5.75 Å². The summed E-state index contributed by atoms with van der Waals surface area (Å²) in [5.41, 5.74) is -0.717. The van der Waals surface area contributed by atoms with E-state index in [2.05, 4.69) is 10.3 Å². The number of halogens is 3. The highest BCUT2D eigenvalue weighted by molar-refractivity contribution is 7.86. The third-order valence-corrected chi connectivity index (χ3v) is 7.01. The standard InChI is InChI=1S/C15H22N4O4S.C2HF3O2/c1-18(2)24(21,22)19-7-5-15(11-19)12(8-17-14(15)20)10-23-13-4-3-6-16-9-13;3-2(4,5)1(6)7/h3-4,6,9,12H,5,7-8,10-11H2,1-2H3,(H,17,20);(H,6,7)/t12-,15-;/m1./s1. The van der Waals surface area contributed by atoms with Gasteiger partial charge in [0.05, 0.1) is 18.2 Å². The van der Waals surface area contributed by atoms with E-state index in [0.717, 1.165) is 0 Å². The van der Waals surface area contributed by atoms with Crippen LogP contribution in [0, 0.1) is 11.3 Å². The first-order chi connectivity index (χ1) is 14.3. The maximum absolute atomic E-state index is 12.4. The number of hydrogen-bond donors (Lipinski definition) is 2. The molecule has 3 rings (SSSR count). The second-order valence-electron chi connectivity index (χ2n) is 7.24. The molecule has 3 heterocycles. The Kier molecular flexibility index (Phi) is 7.49. The summed E-state index contributed by atoms with van der Waals surface area (Å²) in [6, 6.07) is 3.59. The summed E-state index contributed by atoms with van der Waals surface area (Å²) in [5, 5.41) is 10.00. The molecule has 2 saturated heterocycles. The summed E-state index contributed by atoms with van der Waals surface area (Å²) in [6.45, 7) is 1.38. The fraction of sp³-hybridized carbons (Fsp3) is 0.588. The molecule has 2 aliphatic heterocycles. The van der Waals surface area contributed by atoms with Gasteiger partial charge in [-0.15, -0.1) is 0 Å². The van der Waals surface area contributed by atoms with Crippen LogP contribution in [0.15, 0.2) is 24.5 Å². The molecule has 0 unspecified atom stereocenters. The van der Waals surface area contributed by atoms with Crippen LogP contribution >= 0.6 is 0 Å². The summed E-state index contributed by atoms with van der Waals surface area (Å²) in [7, 11) is -0.522. The van der Waals surface area contributed by atoms with E-state index in [1.807, 2.05) is 0 Å². The van der Waals surface area contributed by atoms with Gasteiger partial charge in [-0.3, -0.25) is 9.78 Å². The lowest BCUT2D eigenvalue weighted by molar-refractivity contribution is -0.192. The van der Waals surface area contributed by atoms with Crippen molar-refractivity contribution in [2.45, 2.75) is 12.6 Å². The van der Waals surface area contributed by atoms with Crippen molar-refractivity contribution in [3.63, 3.8) is 0 Å². The second kappa shape index (κ2) is 9.36. The number of alkyl halides is 3. The Morgan fingerprint density at radius 1 is 1.45 bits per heavy atom. The zero-order chi connectivity index (χ0) is 23.4. The number of aliphatic carboxylic acids is 1. The van der Waals surface area contributed by atoms with Gasteiger partial charge < -0.3 is 15.2 Å². The molecule has 0 bridgehead atoms. The quantitative estimate of drug-likeness (QED) is 0.638. The number of amides is 1. The summed E-state index contributed by atoms with van der Waals surface area (Å²) >= 11 is 0. The van der Waals surface area contributed by atoms with Crippen molar-refractivity contribution in [3.05, 3.63) is 24.5 Å². The molecule has 2 N–H and O–H groups in total. The normalized spacial score (nSPS) is 24.1. The maximum atomic E-state index is 12.4. The first-order valence-electron chi connectivity index (χ1n) is 9.09. The Morgan fingerprint density at radius 2 is 2.10 bits per heavy atom. The lowest BCUT2D eigenvalue weighted by Crippen LogP contribution is -2.44. The summed E-state index contributed by atoms with van der Waals surface area (Å²) in [5.74, 6) is -2.28. The van der Waals surface area contributed by atoms with Crippen LogP contribution in [0.3, 0.4) is 0 Å². The van der Waals surface area contributed by atoms with Gasteiger partial charge in [-0.05, 0) is 18.6 Å². The van der Waals surface area contributed by atoms with E-state index in [-0.39, 0.29) is 18.4 Å². The molecule has 2 fully saturated rings. The van der Waals surface area contributed by atoms with Crippen LogP contribution in [0.2, 0.25) is 0 Å². The van der Waals surface area contributed by atoms with Crippen molar-refractivity contribution in [2.75, 3.05) is 40.3 Å². The lowest BCUT2D eigenvalue weighted by atomic mass is 9.77. The highest BCUT2D eigenvalue weighted by Crippen LogP contribution is 2.42. The predicted molar refractivity (Wildman–Crippen MR) is 101 cm³/mol. The number of nitrogens with one attached hydrogen (secondary N) is 1. The number of rotatable bonds is 5. The summed E-state index contributed by atoms with van der Waals surface area (Å²) in [4.78, 5) is 25.3. The van der Waals surface area contributed by atoms with Crippen LogP contribution in [0.5, 0.6) is 5.75 Å². The SMILES string of the molecule is CN(C)S(=O)(=O)N1CC[C@]2(C1)C(=O)NC[C@@H]2COc1cccnc1.O=C(O)C(F)(F)F. The first kappa shape index (κ1) is 24.8. The second-order valence-corrected chi connectivity index (χ2v) is 9.38. The summed E-state index contributed by atoms with van der Waals surface area (Å²) in [6.07, 6.45) is -1.29. The van der Waals surface area contributed by atoms with E-state index in [0.29, 0.717) is 31.9 Å². The molecule has 1 aromatic heterocycles. The van der Waals surface area contributed by atoms with Gasteiger partial charge >= 0.3 is 12.1 Å². The molecule has 0 saturated carbocycles. The largest absolute Gasteiger partial charge is 0.492 e. The van der Waals surface area contributed by atoms with Gasteiger partial charge in [-0.25, -0.2) is 4.79 Å². The molecule has 10 nitrogen and oxygen atoms in total. The van der Waals surface area contributed by atoms with E-state index in [1.54, 1.807) is 24.5 Å². The molecule has 2 atom stereocenters. The molecule has 0 aromatic carbocycles. The number of pyridine rings is 1. The van der Waals surface area contributed by atoms with Crippen molar-refractivity contribution in [1.29, 1.82) is 0 Å². The van der Waals surface area contributed by atoms with Crippen LogP contribution in [0.25, 0.3) is 0 Å². The number of carbonyl (C=O) groups is 2. The van der Waals surface area contributed by atoms with Crippen molar-refractivity contribution in [1.82, 2.24) is 18.9 Å². The zero-order valence-electron chi connectivity index (χ0n) is 16.8. The molecule has 0 radical (unpaired) electrons. The maximum Gasteiger partial charge on any atom is 0.490 e. The van der Waals surface area contributed by atoms with Crippen molar-refractivity contribution >= 4 is 22.1 Å². The van der Waals surface area contributed by atoms with Crippen molar-refractivity contribution in [3.8, 4) is 5.75 Å². The van der Waals surface area contributed by atoms with Gasteiger partial charge in [0.2, 0.25) is 5.91 Å². The Labute approximate surface area is 177 Å². The number of aromatic nitrogens is 1. The fourth-order valence-electron chi connectivity index (χ4n) is 3.36. The average molecular weight is 468 g/mol. The molecule has 2 aliphatic rings. The molecular weight excluding hydrogens is 445 g/mol. The molecule has 1 spiro atoms. The van der Waals surface area contributed by atoms with Crippen LogP contribution in [-0.4, -0.2) is 85.5 Å². The molecule has 0 aliphatic carbocycles. The number of carboxylic acid groups (broad SMARTS) is 1. The monoisotopic (exact) mass is 468 g/mol. The van der Waals surface area contributed by atoms with Gasteiger partial charge in [0.15, 0.2) is 0 Å². The van der Waals surface area contributed by atoms with E-state index in [4.69, 9.17) is 14.6 Å². The van der Waals surface area contributed by atoms with Crippen LogP contribution < -0.4 is 10.1 Å². The minimum Gasteiger partial charge on any atom is -0.492 e.